The Morgan fingerprint density at radius 3 is 2.56 bits per heavy atom. The van der Waals surface area contributed by atoms with Gasteiger partial charge in [-0.15, -0.1) is 0 Å². The minimum atomic E-state index is -0.578. The molecule has 5 rings (SSSR count). The van der Waals surface area contributed by atoms with E-state index in [2.05, 4.69) is 34.2 Å². The number of hydrogen-bond acceptors (Lipinski definition) is 3. The Morgan fingerprint density at radius 2 is 1.79 bits per heavy atom. The van der Waals surface area contributed by atoms with Crippen molar-refractivity contribution in [3.05, 3.63) is 89.0 Å². The molecule has 34 heavy (non-hydrogen) atoms. The largest absolute Gasteiger partial charge is 0.335 e. The van der Waals surface area contributed by atoms with E-state index >= 15 is 0 Å². The Morgan fingerprint density at radius 1 is 1.06 bits per heavy atom. The van der Waals surface area contributed by atoms with Crippen molar-refractivity contribution < 1.29 is 14.0 Å². The third-order valence-electron chi connectivity index (χ3n) is 6.32. The van der Waals surface area contributed by atoms with Gasteiger partial charge in [0.15, 0.2) is 5.82 Å². The van der Waals surface area contributed by atoms with E-state index in [0.29, 0.717) is 36.8 Å². The van der Waals surface area contributed by atoms with Crippen LogP contribution in [0.3, 0.4) is 0 Å². The highest BCUT2D eigenvalue weighted by molar-refractivity contribution is 6.31. The predicted molar refractivity (Wildman–Crippen MR) is 130 cm³/mol. The highest BCUT2D eigenvalue weighted by atomic mass is 35.5. The van der Waals surface area contributed by atoms with E-state index in [9.17, 15) is 14.0 Å². The number of aromatic nitrogens is 2. The number of amides is 1. The van der Waals surface area contributed by atoms with E-state index < -0.39 is 11.9 Å². The number of hydrogen-bond donors (Lipinski definition) is 1. The minimum absolute atomic E-state index is 0.0480. The Balaban J connectivity index is 1.24. The first kappa shape index (κ1) is 22.3. The molecule has 0 saturated carbocycles. The highest BCUT2D eigenvalue weighted by Gasteiger charge is 2.35. The quantitative estimate of drug-likeness (QED) is 0.357. The normalized spacial score (nSPS) is 15.7. The molecule has 1 aliphatic rings. The number of likely N-dealkylation sites (tertiary alicyclic amines) is 1. The fourth-order valence-electron chi connectivity index (χ4n) is 4.51. The molecule has 1 fully saturated rings. The first-order valence-electron chi connectivity index (χ1n) is 11.3. The Labute approximate surface area is 201 Å². The second-order valence-electron chi connectivity index (χ2n) is 8.54. The predicted octanol–water partition coefficient (Wildman–Crippen LogP) is 5.83. The number of rotatable bonds is 6. The van der Waals surface area contributed by atoms with Crippen molar-refractivity contribution >= 4 is 34.3 Å². The summed E-state index contributed by atoms with van der Waals surface area (Å²) in [5, 5.41) is -0.0486. The monoisotopic (exact) mass is 475 g/mol. The van der Waals surface area contributed by atoms with E-state index in [-0.39, 0.29) is 22.5 Å². The number of imidazole rings is 1. The van der Waals surface area contributed by atoms with Crippen LogP contribution in [0.4, 0.5) is 4.39 Å². The molecule has 1 atom stereocenters. The number of ketones is 1. The Kier molecular flexibility index (Phi) is 6.16. The van der Waals surface area contributed by atoms with Crippen LogP contribution in [-0.2, 0) is 11.2 Å². The first-order valence-corrected chi connectivity index (χ1v) is 11.7. The van der Waals surface area contributed by atoms with E-state index in [1.807, 2.05) is 30.3 Å². The number of H-pyrrole nitrogens is 1. The number of nitrogens with one attached hydrogen (secondary N) is 1. The summed E-state index contributed by atoms with van der Waals surface area (Å²) in [4.78, 5) is 34.9. The van der Waals surface area contributed by atoms with Gasteiger partial charge in [-0.2, -0.15) is 0 Å². The summed E-state index contributed by atoms with van der Waals surface area (Å²) >= 11 is 5.83. The lowest BCUT2D eigenvalue weighted by atomic mass is 10.0. The van der Waals surface area contributed by atoms with Gasteiger partial charge in [0.1, 0.15) is 5.82 Å². The van der Waals surface area contributed by atoms with Crippen LogP contribution < -0.4 is 0 Å². The molecule has 0 aliphatic carbocycles. The van der Waals surface area contributed by atoms with Crippen LogP contribution in [0.2, 0.25) is 5.02 Å². The maximum Gasteiger partial charge on any atom is 0.223 e. The van der Waals surface area contributed by atoms with Gasteiger partial charge in [-0.3, -0.25) is 9.59 Å². The number of Topliss-reactive ketones (excluding diaryl/α,β-unsaturated/α-hetero) is 1. The van der Waals surface area contributed by atoms with Gasteiger partial charge in [-0.05, 0) is 42.0 Å². The van der Waals surface area contributed by atoms with Crippen LogP contribution in [0.1, 0.15) is 35.4 Å². The molecular formula is C27H23ClFN3O2. The number of fused-ring (bicyclic) bond motifs is 1. The number of aromatic amines is 1. The molecule has 0 spiro atoms. The number of carbonyl (C=O) groups excluding carboxylic acids is 2. The van der Waals surface area contributed by atoms with Gasteiger partial charge >= 0.3 is 0 Å². The molecule has 1 saturated heterocycles. The zero-order valence-corrected chi connectivity index (χ0v) is 19.2. The molecule has 1 N–H and O–H groups in total. The van der Waals surface area contributed by atoms with Crippen molar-refractivity contribution in [2.45, 2.75) is 31.7 Å². The van der Waals surface area contributed by atoms with E-state index in [0.717, 1.165) is 23.1 Å². The number of nitrogens with zero attached hydrogens (tertiary/aromatic N) is 2. The summed E-state index contributed by atoms with van der Waals surface area (Å²) in [6, 6.07) is 20.4. The second-order valence-corrected chi connectivity index (χ2v) is 8.95. The average Bonchev–Trinajstić information content (AvgIpc) is 3.51. The maximum absolute atomic E-state index is 13.7. The van der Waals surface area contributed by atoms with Gasteiger partial charge in [0.05, 0.1) is 22.1 Å². The number of halogens is 2. The summed E-state index contributed by atoms with van der Waals surface area (Å²) in [6.07, 6.45) is 2.28. The molecule has 2 heterocycles. The van der Waals surface area contributed by atoms with Gasteiger partial charge < -0.3 is 9.88 Å². The fourth-order valence-corrected chi connectivity index (χ4v) is 4.66. The molecule has 172 valence electrons. The minimum Gasteiger partial charge on any atom is -0.335 e. The van der Waals surface area contributed by atoms with Crippen molar-refractivity contribution in [1.82, 2.24) is 14.9 Å². The zero-order chi connectivity index (χ0) is 23.7. The SMILES string of the molecule is O=C(c1nc2cc(Cl)c(F)cc2[nH]1)[C@@H]1CCCN1C(=O)CCc1ccc(-c2ccccc2)cc1. The number of aryl methyl sites for hydroxylation is 1. The molecule has 0 unspecified atom stereocenters. The standard InChI is InChI=1S/C27H23ClFN3O2/c28-20-15-22-23(16-21(20)29)31-27(30-22)26(34)24-7-4-14-32(24)25(33)13-10-17-8-11-19(12-9-17)18-5-2-1-3-6-18/h1-3,5-6,8-9,11-12,15-16,24H,4,7,10,13-14H2,(H,30,31)/t24-/m0/s1. The lowest BCUT2D eigenvalue weighted by Crippen LogP contribution is -2.41. The van der Waals surface area contributed by atoms with Crippen LogP contribution >= 0.6 is 11.6 Å². The molecule has 0 bridgehead atoms. The summed E-state index contributed by atoms with van der Waals surface area (Å²) in [7, 11) is 0. The van der Waals surface area contributed by atoms with Crippen LogP contribution in [0.15, 0.2) is 66.7 Å². The Bertz CT molecular complexity index is 1310. The molecule has 5 nitrogen and oxygen atoms in total. The molecule has 1 amide bonds. The Hall–Kier alpha value is -3.51. The molecule has 3 aromatic carbocycles. The van der Waals surface area contributed by atoms with Crippen LogP contribution in [0.5, 0.6) is 0 Å². The van der Waals surface area contributed by atoms with Crippen molar-refractivity contribution in [2.24, 2.45) is 0 Å². The third-order valence-corrected chi connectivity index (χ3v) is 6.61. The van der Waals surface area contributed by atoms with Gasteiger partial charge in [0.25, 0.3) is 0 Å². The lowest BCUT2D eigenvalue weighted by molar-refractivity contribution is -0.131. The summed E-state index contributed by atoms with van der Waals surface area (Å²) in [5.41, 5.74) is 4.18. The van der Waals surface area contributed by atoms with Gasteiger partial charge in [-0.1, -0.05) is 66.2 Å². The summed E-state index contributed by atoms with van der Waals surface area (Å²) < 4.78 is 13.7. The van der Waals surface area contributed by atoms with E-state index in [4.69, 9.17) is 11.6 Å². The molecule has 1 aliphatic heterocycles. The van der Waals surface area contributed by atoms with Crippen molar-refractivity contribution in [3.63, 3.8) is 0 Å². The number of carbonyl (C=O) groups is 2. The van der Waals surface area contributed by atoms with Crippen molar-refractivity contribution in [2.75, 3.05) is 6.54 Å². The maximum atomic E-state index is 13.7. The fraction of sp³-hybridized carbons (Fsp3) is 0.222. The first-order chi connectivity index (χ1) is 16.5. The van der Waals surface area contributed by atoms with Crippen molar-refractivity contribution in [3.8, 4) is 11.1 Å². The molecule has 1 aromatic heterocycles. The van der Waals surface area contributed by atoms with Gasteiger partial charge in [0, 0.05) is 19.0 Å². The molecule has 7 heteroatoms. The van der Waals surface area contributed by atoms with Crippen LogP contribution in [0.25, 0.3) is 22.2 Å². The van der Waals surface area contributed by atoms with Gasteiger partial charge in [0.2, 0.25) is 11.7 Å². The van der Waals surface area contributed by atoms with Crippen LogP contribution in [-0.4, -0.2) is 39.1 Å². The molecule has 4 aromatic rings. The van der Waals surface area contributed by atoms with Gasteiger partial charge in [-0.25, -0.2) is 9.37 Å². The van der Waals surface area contributed by atoms with Crippen LogP contribution in [0, 0.1) is 5.82 Å². The second kappa shape index (κ2) is 9.39. The lowest BCUT2D eigenvalue weighted by Gasteiger charge is -2.23. The molecule has 0 radical (unpaired) electrons. The topological polar surface area (TPSA) is 66.1 Å². The summed E-state index contributed by atoms with van der Waals surface area (Å²) in [6.45, 7) is 0.545. The third kappa shape index (κ3) is 4.46. The van der Waals surface area contributed by atoms with E-state index in [1.165, 1.54) is 12.1 Å². The number of benzene rings is 3. The smallest absolute Gasteiger partial charge is 0.223 e. The van der Waals surface area contributed by atoms with Crippen molar-refractivity contribution in [1.29, 1.82) is 0 Å². The average molecular weight is 476 g/mol. The zero-order valence-electron chi connectivity index (χ0n) is 18.4. The van der Waals surface area contributed by atoms with E-state index in [1.54, 1.807) is 4.90 Å². The summed E-state index contributed by atoms with van der Waals surface area (Å²) in [5.74, 6) is -0.761. The highest BCUT2D eigenvalue weighted by Crippen LogP contribution is 2.26. The molecular weight excluding hydrogens is 453 g/mol.